The van der Waals surface area contributed by atoms with Crippen molar-refractivity contribution in [1.82, 2.24) is 4.90 Å². The lowest BCUT2D eigenvalue weighted by atomic mass is 10.1. The van der Waals surface area contributed by atoms with Crippen molar-refractivity contribution >= 4 is 11.8 Å². The zero-order valence-corrected chi connectivity index (χ0v) is 14.2. The van der Waals surface area contributed by atoms with E-state index in [0.29, 0.717) is 5.25 Å². The van der Waals surface area contributed by atoms with Gasteiger partial charge in [-0.25, -0.2) is 0 Å². The van der Waals surface area contributed by atoms with Crippen LogP contribution >= 0.6 is 11.8 Å². The highest BCUT2D eigenvalue weighted by Gasteiger charge is 2.12. The van der Waals surface area contributed by atoms with Crippen molar-refractivity contribution in [2.75, 3.05) is 13.1 Å². The molecule has 0 aliphatic carbocycles. The third-order valence-electron chi connectivity index (χ3n) is 3.44. The molecule has 0 radical (unpaired) electrons. The molecule has 0 fully saturated rings. The van der Waals surface area contributed by atoms with Crippen LogP contribution in [0.25, 0.3) is 0 Å². The van der Waals surface area contributed by atoms with Gasteiger partial charge in [0.05, 0.1) is 0 Å². The number of hydrogen-bond acceptors (Lipinski definition) is 3. The van der Waals surface area contributed by atoms with E-state index < -0.39 is 0 Å². The Balaban J connectivity index is 2.87. The van der Waals surface area contributed by atoms with E-state index in [0.717, 1.165) is 25.2 Å². The summed E-state index contributed by atoms with van der Waals surface area (Å²) >= 11 is 1.86. The number of thioether (sulfide) groups is 1. The SMILES string of the molecule is CCCCC(/C=C(/C#N)N(CC)CC)Sc1ccccc1. The smallest absolute Gasteiger partial charge is 0.117 e. The first-order valence-electron chi connectivity index (χ1n) is 7.83. The van der Waals surface area contributed by atoms with Gasteiger partial charge in [0.2, 0.25) is 0 Å². The number of hydrogen-bond donors (Lipinski definition) is 0. The second-order valence-electron chi connectivity index (χ2n) is 4.95. The molecule has 0 saturated heterocycles. The summed E-state index contributed by atoms with van der Waals surface area (Å²) in [6.07, 6.45) is 5.65. The third-order valence-corrected chi connectivity index (χ3v) is 4.65. The van der Waals surface area contributed by atoms with Gasteiger partial charge in [0.15, 0.2) is 0 Å². The van der Waals surface area contributed by atoms with Crippen LogP contribution in [-0.2, 0) is 0 Å². The van der Waals surface area contributed by atoms with Crippen LogP contribution in [0.1, 0.15) is 40.0 Å². The minimum Gasteiger partial charge on any atom is -0.364 e. The predicted octanol–water partition coefficient (Wildman–Crippen LogP) is 5.09. The van der Waals surface area contributed by atoms with Crippen LogP contribution in [-0.4, -0.2) is 23.2 Å². The van der Waals surface area contributed by atoms with Crippen LogP contribution in [0.4, 0.5) is 0 Å². The van der Waals surface area contributed by atoms with E-state index in [-0.39, 0.29) is 0 Å². The molecular formula is C18H26N2S. The lowest BCUT2D eigenvalue weighted by Gasteiger charge is -2.21. The fourth-order valence-electron chi connectivity index (χ4n) is 2.21. The molecule has 1 aromatic rings. The zero-order valence-electron chi connectivity index (χ0n) is 13.4. The first-order valence-corrected chi connectivity index (χ1v) is 8.71. The molecule has 0 saturated carbocycles. The highest BCUT2D eigenvalue weighted by Crippen LogP contribution is 2.28. The molecule has 21 heavy (non-hydrogen) atoms. The van der Waals surface area contributed by atoms with Crippen LogP contribution in [0.5, 0.6) is 0 Å². The Morgan fingerprint density at radius 1 is 1.24 bits per heavy atom. The second-order valence-corrected chi connectivity index (χ2v) is 6.26. The molecule has 114 valence electrons. The third kappa shape index (κ3) is 6.27. The number of unbranched alkanes of at least 4 members (excludes halogenated alkanes) is 1. The second kappa shape index (κ2) is 10.3. The first-order chi connectivity index (χ1) is 10.2. The predicted molar refractivity (Wildman–Crippen MR) is 92.2 cm³/mol. The number of allylic oxidation sites excluding steroid dienone is 1. The first kappa shape index (κ1) is 17.7. The van der Waals surface area contributed by atoms with Crippen molar-refractivity contribution in [1.29, 1.82) is 5.26 Å². The van der Waals surface area contributed by atoms with Crippen LogP contribution in [0.3, 0.4) is 0 Å². The Morgan fingerprint density at radius 3 is 2.43 bits per heavy atom. The van der Waals surface area contributed by atoms with Gasteiger partial charge in [-0.15, -0.1) is 11.8 Å². The largest absolute Gasteiger partial charge is 0.364 e. The fraction of sp³-hybridized carbons (Fsp3) is 0.500. The van der Waals surface area contributed by atoms with Gasteiger partial charge in [-0.05, 0) is 38.5 Å². The molecule has 1 unspecified atom stereocenters. The summed E-state index contributed by atoms with van der Waals surface area (Å²) in [5, 5.41) is 9.79. The summed E-state index contributed by atoms with van der Waals surface area (Å²) in [6.45, 7) is 8.17. The van der Waals surface area contributed by atoms with Crippen molar-refractivity contribution in [3.8, 4) is 6.07 Å². The summed E-state index contributed by atoms with van der Waals surface area (Å²) in [4.78, 5) is 3.40. The quantitative estimate of drug-likeness (QED) is 0.470. The van der Waals surface area contributed by atoms with Gasteiger partial charge >= 0.3 is 0 Å². The van der Waals surface area contributed by atoms with Crippen molar-refractivity contribution < 1.29 is 0 Å². The standard InChI is InChI=1S/C18H26N2S/c1-4-7-11-18(21-17-12-9-8-10-13-17)14-16(15-19)20(5-2)6-3/h8-10,12-14,18H,4-7,11H2,1-3H3/b16-14-. The van der Waals surface area contributed by atoms with Crippen LogP contribution in [0.2, 0.25) is 0 Å². The van der Waals surface area contributed by atoms with Crippen molar-refractivity contribution in [2.24, 2.45) is 0 Å². The fourth-order valence-corrected chi connectivity index (χ4v) is 3.35. The van der Waals surface area contributed by atoms with Crippen LogP contribution < -0.4 is 0 Å². The summed E-state index contributed by atoms with van der Waals surface area (Å²) in [7, 11) is 0. The molecular weight excluding hydrogens is 276 g/mol. The summed E-state index contributed by atoms with van der Waals surface area (Å²) < 4.78 is 0. The molecule has 1 aromatic carbocycles. The molecule has 0 aliphatic heterocycles. The van der Waals surface area contributed by atoms with E-state index in [2.05, 4.69) is 62.1 Å². The van der Waals surface area contributed by atoms with Gasteiger partial charge in [0, 0.05) is 23.2 Å². The maximum absolute atomic E-state index is 9.43. The minimum absolute atomic E-state index is 0.364. The highest BCUT2D eigenvalue weighted by molar-refractivity contribution is 8.00. The van der Waals surface area contributed by atoms with E-state index in [4.69, 9.17) is 0 Å². The molecule has 1 atom stereocenters. The Bertz CT molecular complexity index is 458. The molecule has 1 rings (SSSR count). The molecule has 0 N–H and O–H groups in total. The number of benzene rings is 1. The molecule has 0 heterocycles. The Hall–Kier alpha value is -1.40. The average molecular weight is 302 g/mol. The lowest BCUT2D eigenvalue weighted by molar-refractivity contribution is 0.395. The summed E-state index contributed by atoms with van der Waals surface area (Å²) in [6, 6.07) is 12.8. The van der Waals surface area contributed by atoms with Crippen molar-refractivity contribution in [2.45, 2.75) is 50.2 Å². The Labute approximate surface area is 133 Å². The van der Waals surface area contributed by atoms with Gasteiger partial charge in [0.25, 0.3) is 0 Å². The van der Waals surface area contributed by atoms with E-state index in [1.54, 1.807) is 0 Å². The van der Waals surface area contributed by atoms with Gasteiger partial charge in [-0.1, -0.05) is 38.0 Å². The maximum atomic E-state index is 9.43. The molecule has 2 nitrogen and oxygen atoms in total. The topological polar surface area (TPSA) is 27.0 Å². The number of rotatable bonds is 9. The van der Waals surface area contributed by atoms with E-state index in [1.807, 2.05) is 17.8 Å². The van der Waals surface area contributed by atoms with Gasteiger partial charge in [-0.3, -0.25) is 0 Å². The Morgan fingerprint density at radius 2 is 1.90 bits per heavy atom. The van der Waals surface area contributed by atoms with Gasteiger partial charge < -0.3 is 4.90 Å². The normalized spacial score (nSPS) is 12.8. The molecule has 0 aliphatic rings. The number of nitriles is 1. The van der Waals surface area contributed by atoms with Crippen LogP contribution in [0, 0.1) is 11.3 Å². The van der Waals surface area contributed by atoms with E-state index in [9.17, 15) is 5.26 Å². The van der Waals surface area contributed by atoms with Crippen LogP contribution in [0.15, 0.2) is 47.0 Å². The average Bonchev–Trinajstić information content (AvgIpc) is 2.53. The van der Waals surface area contributed by atoms with E-state index >= 15 is 0 Å². The highest BCUT2D eigenvalue weighted by atomic mass is 32.2. The van der Waals surface area contributed by atoms with Gasteiger partial charge in [0.1, 0.15) is 11.8 Å². The monoisotopic (exact) mass is 302 g/mol. The van der Waals surface area contributed by atoms with Gasteiger partial charge in [-0.2, -0.15) is 5.26 Å². The van der Waals surface area contributed by atoms with Crippen molar-refractivity contribution in [3.05, 3.63) is 42.1 Å². The molecule has 0 amide bonds. The lowest BCUT2D eigenvalue weighted by Crippen LogP contribution is -2.22. The molecule has 0 spiro atoms. The zero-order chi connectivity index (χ0) is 15.5. The maximum Gasteiger partial charge on any atom is 0.117 e. The summed E-state index contributed by atoms with van der Waals surface area (Å²) in [5.74, 6) is 0. The molecule has 0 bridgehead atoms. The van der Waals surface area contributed by atoms with Crippen molar-refractivity contribution in [3.63, 3.8) is 0 Å². The minimum atomic E-state index is 0.364. The summed E-state index contributed by atoms with van der Waals surface area (Å²) in [5.41, 5.74) is 0.810. The molecule has 0 aromatic heterocycles. The number of nitrogens with zero attached hydrogens (tertiary/aromatic N) is 2. The molecule has 3 heteroatoms. The van der Waals surface area contributed by atoms with E-state index in [1.165, 1.54) is 17.7 Å². The Kier molecular flexibility index (Phi) is 8.69.